The number of rotatable bonds is 5. The first-order valence-electron chi connectivity index (χ1n) is 7.56. The van der Waals surface area contributed by atoms with E-state index in [1.807, 2.05) is 31.5 Å². The van der Waals surface area contributed by atoms with Gasteiger partial charge < -0.3 is 5.32 Å². The van der Waals surface area contributed by atoms with E-state index in [0.29, 0.717) is 0 Å². The van der Waals surface area contributed by atoms with Crippen LogP contribution in [0.3, 0.4) is 0 Å². The highest BCUT2D eigenvalue weighted by atomic mass is 32.1. The number of nitrogens with zero attached hydrogens (tertiary/aromatic N) is 5. The van der Waals surface area contributed by atoms with Crippen LogP contribution in [0.25, 0.3) is 0 Å². The Balaban J connectivity index is 1.63. The highest BCUT2D eigenvalue weighted by Gasteiger charge is 2.07. The summed E-state index contributed by atoms with van der Waals surface area (Å²) < 4.78 is 2.01. The predicted octanol–water partition coefficient (Wildman–Crippen LogP) is 3.35. The molecule has 3 rings (SSSR count). The van der Waals surface area contributed by atoms with Gasteiger partial charge in [-0.1, -0.05) is 17.4 Å². The molecule has 3 heterocycles. The quantitative estimate of drug-likeness (QED) is 0.778. The summed E-state index contributed by atoms with van der Waals surface area (Å²) in [5, 5.41) is 17.9. The van der Waals surface area contributed by atoms with Crippen molar-refractivity contribution >= 4 is 22.3 Å². The summed E-state index contributed by atoms with van der Waals surface area (Å²) in [7, 11) is 0. The highest BCUT2D eigenvalue weighted by molar-refractivity contribution is 7.15. The molecule has 1 N–H and O–H groups in total. The Bertz CT molecular complexity index is 820. The van der Waals surface area contributed by atoms with Gasteiger partial charge in [-0.25, -0.2) is 4.98 Å². The van der Waals surface area contributed by atoms with Gasteiger partial charge in [-0.3, -0.25) is 4.68 Å². The predicted molar refractivity (Wildman–Crippen MR) is 92.3 cm³/mol. The smallest absolute Gasteiger partial charge is 0.211 e. The molecule has 0 radical (unpaired) electrons. The van der Waals surface area contributed by atoms with E-state index < -0.39 is 0 Å². The molecule has 0 aliphatic heterocycles. The first kappa shape index (κ1) is 15.6. The van der Waals surface area contributed by atoms with Crippen molar-refractivity contribution < 1.29 is 0 Å². The molecule has 3 aromatic rings. The van der Waals surface area contributed by atoms with Crippen LogP contribution < -0.4 is 5.32 Å². The summed E-state index contributed by atoms with van der Waals surface area (Å²) in [5.41, 5.74) is 4.41. The molecule has 0 bridgehead atoms. The highest BCUT2D eigenvalue weighted by Crippen LogP contribution is 2.21. The van der Waals surface area contributed by atoms with Crippen LogP contribution in [0.1, 0.15) is 27.7 Å². The van der Waals surface area contributed by atoms with E-state index in [0.717, 1.165) is 40.3 Å². The van der Waals surface area contributed by atoms with Crippen molar-refractivity contribution in [3.63, 3.8) is 0 Å². The van der Waals surface area contributed by atoms with Gasteiger partial charge in [0.15, 0.2) is 0 Å². The van der Waals surface area contributed by atoms with E-state index in [1.54, 1.807) is 11.3 Å². The number of nitrogens with one attached hydrogen (secondary N) is 1. The van der Waals surface area contributed by atoms with Crippen molar-refractivity contribution in [1.82, 2.24) is 25.0 Å². The van der Waals surface area contributed by atoms with Gasteiger partial charge >= 0.3 is 0 Å². The fourth-order valence-corrected chi connectivity index (χ4v) is 3.05. The zero-order chi connectivity index (χ0) is 16.4. The summed E-state index contributed by atoms with van der Waals surface area (Å²) >= 11 is 1.56. The molecule has 23 heavy (non-hydrogen) atoms. The summed E-state index contributed by atoms with van der Waals surface area (Å²) in [6, 6.07) is 6.09. The fourth-order valence-electron chi connectivity index (χ4n) is 2.32. The maximum Gasteiger partial charge on any atom is 0.211 e. The molecule has 0 aliphatic rings. The van der Waals surface area contributed by atoms with Gasteiger partial charge in [0.25, 0.3) is 0 Å². The number of pyridine rings is 1. The average molecular weight is 328 g/mol. The maximum atomic E-state index is 4.50. The first-order valence-corrected chi connectivity index (χ1v) is 8.37. The molecule has 0 atom stereocenters. The van der Waals surface area contributed by atoms with Crippen LogP contribution in [0.5, 0.6) is 0 Å². The molecule has 0 saturated carbocycles. The van der Waals surface area contributed by atoms with Crippen molar-refractivity contribution in [1.29, 1.82) is 0 Å². The molecule has 3 aromatic heterocycles. The standard InChI is InChI=1S/C16H20N6S/c1-10-5-6-14(17-13(10)4)18-16-20-19-15(23-16)7-8-22-12(3)9-11(2)21-22/h5-6,9H,7-8H2,1-4H3,(H,17,18,20). The fraction of sp³-hybridized carbons (Fsp3) is 0.375. The maximum absolute atomic E-state index is 4.50. The third kappa shape index (κ3) is 3.73. The topological polar surface area (TPSA) is 68.5 Å². The van der Waals surface area contributed by atoms with E-state index in [1.165, 1.54) is 11.3 Å². The Morgan fingerprint density at radius 1 is 1.13 bits per heavy atom. The van der Waals surface area contributed by atoms with Crippen molar-refractivity contribution in [3.8, 4) is 0 Å². The molecule has 7 heteroatoms. The molecule has 120 valence electrons. The van der Waals surface area contributed by atoms with Crippen LogP contribution >= 0.6 is 11.3 Å². The monoisotopic (exact) mass is 328 g/mol. The number of aromatic nitrogens is 5. The largest absolute Gasteiger partial charge is 0.315 e. The lowest BCUT2D eigenvalue weighted by atomic mass is 10.2. The number of hydrogen-bond acceptors (Lipinski definition) is 6. The van der Waals surface area contributed by atoms with Crippen LogP contribution in [0.15, 0.2) is 18.2 Å². The van der Waals surface area contributed by atoms with Gasteiger partial charge in [-0.15, -0.1) is 10.2 Å². The molecule has 0 aromatic carbocycles. The molecular formula is C16H20N6S. The molecule has 0 amide bonds. The third-order valence-electron chi connectivity index (χ3n) is 3.69. The Labute approximate surface area is 139 Å². The Hall–Kier alpha value is -2.28. The molecule has 0 aliphatic carbocycles. The second-order valence-corrected chi connectivity index (χ2v) is 6.69. The van der Waals surface area contributed by atoms with E-state index in [9.17, 15) is 0 Å². The van der Waals surface area contributed by atoms with Gasteiger partial charge in [0, 0.05) is 24.4 Å². The van der Waals surface area contributed by atoms with Crippen molar-refractivity contribution in [2.75, 3.05) is 5.32 Å². The normalized spacial score (nSPS) is 11.0. The lowest BCUT2D eigenvalue weighted by molar-refractivity contribution is 0.591. The molecule has 0 saturated heterocycles. The van der Waals surface area contributed by atoms with Crippen molar-refractivity contribution in [2.45, 2.75) is 40.7 Å². The summed E-state index contributed by atoms with van der Waals surface area (Å²) in [6.45, 7) is 8.94. The minimum Gasteiger partial charge on any atom is -0.315 e. The Kier molecular flexibility index (Phi) is 4.38. The van der Waals surface area contributed by atoms with E-state index in [-0.39, 0.29) is 0 Å². The first-order chi connectivity index (χ1) is 11.0. The summed E-state index contributed by atoms with van der Waals surface area (Å²) in [5.74, 6) is 0.800. The number of anilines is 2. The lowest BCUT2D eigenvalue weighted by Crippen LogP contribution is -2.05. The SMILES string of the molecule is Cc1cc(C)n(CCc2nnc(Nc3ccc(C)c(C)n3)s2)n1. The zero-order valence-corrected chi connectivity index (χ0v) is 14.6. The van der Waals surface area contributed by atoms with Crippen LogP contribution in [0.2, 0.25) is 0 Å². The van der Waals surface area contributed by atoms with E-state index >= 15 is 0 Å². The molecule has 0 spiro atoms. The van der Waals surface area contributed by atoms with Crippen LogP contribution in [-0.2, 0) is 13.0 Å². The van der Waals surface area contributed by atoms with Gasteiger partial charge in [0.05, 0.1) is 5.69 Å². The lowest BCUT2D eigenvalue weighted by Gasteiger charge is -2.04. The van der Waals surface area contributed by atoms with E-state index in [4.69, 9.17) is 0 Å². The average Bonchev–Trinajstić information content (AvgIpc) is 3.07. The van der Waals surface area contributed by atoms with Crippen LogP contribution in [-0.4, -0.2) is 25.0 Å². The molecule has 0 unspecified atom stereocenters. The Morgan fingerprint density at radius 3 is 2.65 bits per heavy atom. The molecule has 6 nitrogen and oxygen atoms in total. The van der Waals surface area contributed by atoms with E-state index in [2.05, 4.69) is 44.7 Å². The van der Waals surface area contributed by atoms with Gasteiger partial charge in [0.2, 0.25) is 5.13 Å². The zero-order valence-electron chi connectivity index (χ0n) is 13.8. The third-order valence-corrected chi connectivity index (χ3v) is 4.59. The van der Waals surface area contributed by atoms with Gasteiger partial charge in [-0.05, 0) is 45.4 Å². The minimum absolute atomic E-state index is 0.768. The summed E-state index contributed by atoms with van der Waals surface area (Å²) in [6.07, 6.45) is 0.821. The van der Waals surface area contributed by atoms with Crippen LogP contribution in [0, 0.1) is 27.7 Å². The molecular weight excluding hydrogens is 308 g/mol. The second-order valence-electron chi connectivity index (χ2n) is 5.62. The summed E-state index contributed by atoms with van der Waals surface area (Å²) in [4.78, 5) is 4.50. The van der Waals surface area contributed by atoms with Crippen molar-refractivity contribution in [3.05, 3.63) is 45.9 Å². The van der Waals surface area contributed by atoms with Crippen LogP contribution in [0.4, 0.5) is 10.9 Å². The van der Waals surface area contributed by atoms with Crippen molar-refractivity contribution in [2.24, 2.45) is 0 Å². The molecule has 0 fully saturated rings. The number of hydrogen-bond donors (Lipinski definition) is 1. The number of aryl methyl sites for hydroxylation is 6. The minimum atomic E-state index is 0.768. The van der Waals surface area contributed by atoms with Gasteiger partial charge in [0.1, 0.15) is 10.8 Å². The Morgan fingerprint density at radius 2 is 1.96 bits per heavy atom. The van der Waals surface area contributed by atoms with Gasteiger partial charge in [-0.2, -0.15) is 5.10 Å². The second kappa shape index (κ2) is 6.45.